The van der Waals surface area contributed by atoms with Crippen molar-refractivity contribution in [3.63, 3.8) is 0 Å². The molecule has 4 heterocycles. The van der Waals surface area contributed by atoms with Crippen molar-refractivity contribution < 1.29 is 9.53 Å². The summed E-state index contributed by atoms with van der Waals surface area (Å²) in [6, 6.07) is 7.75. The number of pyridine rings is 2. The summed E-state index contributed by atoms with van der Waals surface area (Å²) in [6.07, 6.45) is 6.76. The summed E-state index contributed by atoms with van der Waals surface area (Å²) in [4.78, 5) is 25.9. The van der Waals surface area contributed by atoms with Gasteiger partial charge in [-0.25, -0.2) is 14.8 Å². The molecule has 4 aromatic rings. The molecule has 4 rings (SSSR count). The van der Waals surface area contributed by atoms with E-state index in [0.29, 0.717) is 13.1 Å². The van der Waals surface area contributed by atoms with Crippen LogP contribution >= 0.6 is 23.2 Å². The highest BCUT2D eigenvalue weighted by molar-refractivity contribution is 6.40. The third-order valence-corrected chi connectivity index (χ3v) is 4.14. The number of nitrogens with two attached hydrogens (primary N) is 1. The molecule has 0 aliphatic rings. The highest BCUT2D eigenvalue weighted by Crippen LogP contribution is 2.15. The first-order valence-electron chi connectivity index (χ1n) is 9.89. The van der Waals surface area contributed by atoms with Crippen LogP contribution in [0.25, 0.3) is 22.1 Å². The summed E-state index contributed by atoms with van der Waals surface area (Å²) in [5.74, 6) is 0. The summed E-state index contributed by atoms with van der Waals surface area (Å²) in [5.41, 5.74) is 8.92. The second-order valence-corrected chi connectivity index (χ2v) is 8.39. The lowest BCUT2D eigenvalue weighted by molar-refractivity contribution is 0.0524. The molecule has 0 atom stereocenters. The van der Waals surface area contributed by atoms with Gasteiger partial charge in [-0.3, -0.25) is 0 Å². The quantitative estimate of drug-likeness (QED) is 0.307. The lowest BCUT2D eigenvalue weighted by atomic mass is 10.2. The van der Waals surface area contributed by atoms with Gasteiger partial charge in [0.25, 0.3) is 0 Å². The molecule has 0 unspecified atom stereocenters. The number of carbonyl (C=O) groups excluding carboxylic acids is 1. The Labute approximate surface area is 196 Å². The van der Waals surface area contributed by atoms with Crippen molar-refractivity contribution in [3.05, 3.63) is 60.2 Å². The number of nitrogens with zero attached hydrogens (tertiary/aromatic N) is 2. The SMILES string of the molecule is CC(C)(C)OC(=O)NCc1ccnc2[nH]ccc12.ClCCl.NCc1ccnc2[nH]ccc12. The molecule has 5 N–H and O–H groups in total. The standard InChI is InChI=1S/C13H17N3O2.C8H9N3.CH2Cl2/c1-13(2,3)18-12(17)16-8-9-4-6-14-11-10(9)5-7-15-11;9-5-6-1-3-10-8-7(6)2-4-11-8;2-1-3/h4-7H,8H2,1-3H3,(H,14,15)(H,16,17);1-4H,5,9H2,(H,10,11);1H2. The van der Waals surface area contributed by atoms with Crippen LogP contribution in [0.15, 0.2) is 49.1 Å². The summed E-state index contributed by atoms with van der Waals surface area (Å²) < 4.78 is 5.18. The molecule has 0 spiro atoms. The Hall–Kier alpha value is -2.81. The van der Waals surface area contributed by atoms with Crippen LogP contribution in [-0.2, 0) is 17.8 Å². The summed E-state index contributed by atoms with van der Waals surface area (Å²) in [7, 11) is 0. The predicted octanol–water partition coefficient (Wildman–Crippen LogP) is 5.03. The van der Waals surface area contributed by atoms with E-state index in [9.17, 15) is 4.79 Å². The second kappa shape index (κ2) is 12.3. The van der Waals surface area contributed by atoms with Gasteiger partial charge in [0.05, 0.1) is 5.34 Å². The third kappa shape index (κ3) is 7.71. The van der Waals surface area contributed by atoms with Crippen molar-refractivity contribution >= 4 is 51.4 Å². The zero-order valence-corrected chi connectivity index (χ0v) is 19.8. The van der Waals surface area contributed by atoms with Gasteiger partial charge in [-0.1, -0.05) is 0 Å². The molecular formula is C22H28Cl2N6O2. The van der Waals surface area contributed by atoms with Gasteiger partial charge in [-0.15, -0.1) is 23.2 Å². The first-order valence-corrected chi connectivity index (χ1v) is 11.0. The van der Waals surface area contributed by atoms with E-state index in [1.54, 1.807) is 12.4 Å². The fourth-order valence-corrected chi connectivity index (χ4v) is 2.85. The van der Waals surface area contributed by atoms with Gasteiger partial charge in [0.1, 0.15) is 16.9 Å². The maximum absolute atomic E-state index is 11.5. The molecule has 0 saturated heterocycles. The molecule has 172 valence electrons. The Balaban J connectivity index is 0.000000220. The van der Waals surface area contributed by atoms with Gasteiger partial charge in [-0.2, -0.15) is 0 Å². The van der Waals surface area contributed by atoms with Crippen LogP contribution in [0.3, 0.4) is 0 Å². The van der Waals surface area contributed by atoms with E-state index in [0.717, 1.165) is 33.2 Å². The number of amides is 1. The lowest BCUT2D eigenvalue weighted by Gasteiger charge is -2.19. The number of aromatic amines is 2. The number of halogens is 2. The van der Waals surface area contributed by atoms with Crippen molar-refractivity contribution in [1.29, 1.82) is 0 Å². The van der Waals surface area contributed by atoms with E-state index >= 15 is 0 Å². The van der Waals surface area contributed by atoms with Gasteiger partial charge in [0.2, 0.25) is 0 Å². The summed E-state index contributed by atoms with van der Waals surface area (Å²) in [5, 5.41) is 5.06. The van der Waals surface area contributed by atoms with E-state index in [1.165, 1.54) is 0 Å². The molecule has 8 nitrogen and oxygen atoms in total. The number of alkyl halides is 2. The normalized spacial score (nSPS) is 10.7. The number of aromatic nitrogens is 4. The zero-order chi connectivity index (χ0) is 23.6. The predicted molar refractivity (Wildman–Crippen MR) is 130 cm³/mol. The topological polar surface area (TPSA) is 122 Å². The molecule has 0 saturated carbocycles. The molecule has 32 heavy (non-hydrogen) atoms. The van der Waals surface area contributed by atoms with Gasteiger partial charge in [0.15, 0.2) is 0 Å². The molecule has 0 aromatic carbocycles. The smallest absolute Gasteiger partial charge is 0.407 e. The number of alkyl carbamates (subject to hydrolysis) is 1. The number of nitrogens with one attached hydrogen (secondary N) is 3. The van der Waals surface area contributed by atoms with E-state index in [2.05, 4.69) is 25.3 Å². The minimum atomic E-state index is -0.480. The monoisotopic (exact) mass is 478 g/mol. The molecule has 1 amide bonds. The van der Waals surface area contributed by atoms with E-state index in [-0.39, 0.29) is 5.34 Å². The Morgan fingerprint density at radius 3 is 2.00 bits per heavy atom. The third-order valence-electron chi connectivity index (χ3n) is 4.14. The maximum Gasteiger partial charge on any atom is 0.407 e. The lowest BCUT2D eigenvalue weighted by Crippen LogP contribution is -2.32. The summed E-state index contributed by atoms with van der Waals surface area (Å²) >= 11 is 9.53. The van der Waals surface area contributed by atoms with Crippen molar-refractivity contribution in [2.24, 2.45) is 5.73 Å². The van der Waals surface area contributed by atoms with Crippen LogP contribution in [0.4, 0.5) is 4.79 Å². The van der Waals surface area contributed by atoms with Gasteiger partial charge in [-0.05, 0) is 56.2 Å². The molecule has 4 aromatic heterocycles. The maximum atomic E-state index is 11.5. The average Bonchev–Trinajstić information content (AvgIpc) is 3.41. The first-order chi connectivity index (χ1) is 15.3. The van der Waals surface area contributed by atoms with Crippen molar-refractivity contribution in [2.45, 2.75) is 39.5 Å². The Bertz CT molecular complexity index is 1120. The molecule has 0 aliphatic carbocycles. The van der Waals surface area contributed by atoms with Crippen molar-refractivity contribution in [2.75, 3.05) is 5.34 Å². The Morgan fingerprint density at radius 2 is 1.50 bits per heavy atom. The number of ether oxygens (including phenoxy) is 1. The number of rotatable bonds is 3. The molecule has 0 bridgehead atoms. The number of hydrogen-bond acceptors (Lipinski definition) is 5. The van der Waals surface area contributed by atoms with E-state index in [4.69, 9.17) is 33.7 Å². The van der Waals surface area contributed by atoms with Crippen LogP contribution in [0, 0.1) is 0 Å². The molecule has 0 fully saturated rings. The second-order valence-electron chi connectivity index (χ2n) is 7.58. The fourth-order valence-electron chi connectivity index (χ4n) is 2.85. The molecular weight excluding hydrogens is 451 g/mol. The largest absolute Gasteiger partial charge is 0.444 e. The van der Waals surface area contributed by atoms with E-state index < -0.39 is 11.7 Å². The number of H-pyrrole nitrogens is 2. The summed E-state index contributed by atoms with van der Waals surface area (Å²) in [6.45, 7) is 6.50. The Morgan fingerprint density at radius 1 is 1.00 bits per heavy atom. The van der Waals surface area contributed by atoms with Gasteiger partial charge >= 0.3 is 6.09 Å². The number of hydrogen-bond donors (Lipinski definition) is 4. The molecule has 0 aliphatic heterocycles. The zero-order valence-electron chi connectivity index (χ0n) is 18.3. The first kappa shape index (κ1) is 25.5. The van der Waals surface area contributed by atoms with E-state index in [1.807, 2.05) is 57.4 Å². The number of fused-ring (bicyclic) bond motifs is 2. The van der Waals surface area contributed by atoms with Gasteiger partial charge < -0.3 is 25.8 Å². The highest BCUT2D eigenvalue weighted by Gasteiger charge is 2.16. The van der Waals surface area contributed by atoms with Gasteiger partial charge in [0, 0.05) is 48.6 Å². The van der Waals surface area contributed by atoms with Crippen molar-refractivity contribution in [1.82, 2.24) is 25.3 Å². The van der Waals surface area contributed by atoms with Crippen LogP contribution in [0.2, 0.25) is 0 Å². The Kier molecular flexibility index (Phi) is 9.77. The van der Waals surface area contributed by atoms with Crippen molar-refractivity contribution in [3.8, 4) is 0 Å². The van der Waals surface area contributed by atoms with Crippen LogP contribution in [0.5, 0.6) is 0 Å². The number of carbonyl (C=O) groups is 1. The van der Waals surface area contributed by atoms with Crippen LogP contribution in [-0.4, -0.2) is 37.0 Å². The van der Waals surface area contributed by atoms with Crippen LogP contribution in [0.1, 0.15) is 31.9 Å². The van der Waals surface area contributed by atoms with Crippen LogP contribution < -0.4 is 11.1 Å². The molecule has 0 radical (unpaired) electrons. The minimum absolute atomic E-state index is 0.194. The highest BCUT2D eigenvalue weighted by atomic mass is 35.5. The molecule has 10 heteroatoms. The fraction of sp³-hybridized carbons (Fsp3) is 0.318. The minimum Gasteiger partial charge on any atom is -0.444 e. The average molecular weight is 479 g/mol.